The molecule has 1 amide bonds. The Bertz CT molecular complexity index is 1260. The maximum atomic E-state index is 13.4. The summed E-state index contributed by atoms with van der Waals surface area (Å²) in [7, 11) is 0. The van der Waals surface area contributed by atoms with Crippen LogP contribution in [0.1, 0.15) is 21.9 Å². The lowest BCUT2D eigenvalue weighted by Gasteiger charge is -2.06. The molecule has 4 aromatic rings. The molecule has 6 nitrogen and oxygen atoms in total. The minimum atomic E-state index is -0.424. The molecule has 0 aliphatic heterocycles. The van der Waals surface area contributed by atoms with Gasteiger partial charge in [0, 0.05) is 28.3 Å². The van der Waals surface area contributed by atoms with E-state index in [1.807, 2.05) is 0 Å². The SMILES string of the molecule is Cc1nc(-c2ccc(NC(=O)c3oc4ccc(F)cc4c3C)cc2)cc(=O)[nH]1. The van der Waals surface area contributed by atoms with Gasteiger partial charge in [-0.1, -0.05) is 12.1 Å². The molecule has 4 rings (SSSR count). The van der Waals surface area contributed by atoms with Crippen LogP contribution in [0.2, 0.25) is 0 Å². The van der Waals surface area contributed by atoms with Crippen LogP contribution in [-0.4, -0.2) is 15.9 Å². The zero-order chi connectivity index (χ0) is 19.8. The number of amides is 1. The quantitative estimate of drug-likeness (QED) is 0.560. The molecule has 2 N–H and O–H groups in total. The van der Waals surface area contributed by atoms with E-state index >= 15 is 0 Å². The number of anilines is 1. The van der Waals surface area contributed by atoms with E-state index in [1.165, 1.54) is 24.3 Å². The number of fused-ring (bicyclic) bond motifs is 1. The van der Waals surface area contributed by atoms with Gasteiger partial charge in [-0.05, 0) is 44.2 Å². The van der Waals surface area contributed by atoms with Crippen molar-refractivity contribution in [2.75, 3.05) is 5.32 Å². The Balaban J connectivity index is 1.58. The molecule has 28 heavy (non-hydrogen) atoms. The molecule has 0 saturated heterocycles. The molecule has 2 heterocycles. The Kier molecular flexibility index (Phi) is 4.27. The number of furan rings is 1. The highest BCUT2D eigenvalue weighted by Crippen LogP contribution is 2.27. The number of hydrogen-bond donors (Lipinski definition) is 2. The first-order chi connectivity index (χ1) is 13.4. The predicted molar refractivity (Wildman–Crippen MR) is 104 cm³/mol. The molecule has 0 spiro atoms. The third kappa shape index (κ3) is 3.29. The molecule has 140 valence electrons. The standard InChI is InChI=1S/C21H16FN3O3/c1-11-16-9-14(22)5-8-18(16)28-20(11)21(27)25-15-6-3-13(4-7-15)17-10-19(26)24-12(2)23-17/h3-10H,1-2H3,(H,25,27)(H,23,24,26). The Labute approximate surface area is 159 Å². The molecule has 0 aliphatic rings. The smallest absolute Gasteiger partial charge is 0.291 e. The van der Waals surface area contributed by atoms with E-state index in [-0.39, 0.29) is 17.1 Å². The van der Waals surface area contributed by atoms with Gasteiger partial charge in [0.15, 0.2) is 5.76 Å². The van der Waals surface area contributed by atoms with Crippen molar-refractivity contribution in [3.05, 3.63) is 81.9 Å². The number of carbonyl (C=O) groups excluding carboxylic acids is 1. The van der Waals surface area contributed by atoms with E-state index in [0.29, 0.717) is 33.7 Å². The van der Waals surface area contributed by atoms with E-state index in [1.54, 1.807) is 38.1 Å². The summed E-state index contributed by atoms with van der Waals surface area (Å²) in [6, 6.07) is 12.5. The fourth-order valence-corrected chi connectivity index (χ4v) is 3.05. The summed E-state index contributed by atoms with van der Waals surface area (Å²) >= 11 is 0. The first kappa shape index (κ1) is 17.7. The normalized spacial score (nSPS) is 11.0. The van der Waals surface area contributed by atoms with Crippen LogP contribution in [0.3, 0.4) is 0 Å². The van der Waals surface area contributed by atoms with Gasteiger partial charge in [-0.2, -0.15) is 0 Å². The summed E-state index contributed by atoms with van der Waals surface area (Å²) in [5.74, 6) is -0.150. The van der Waals surface area contributed by atoms with Gasteiger partial charge in [-0.25, -0.2) is 9.37 Å². The van der Waals surface area contributed by atoms with E-state index in [0.717, 1.165) is 5.56 Å². The van der Waals surface area contributed by atoms with Crippen LogP contribution >= 0.6 is 0 Å². The third-order valence-electron chi connectivity index (χ3n) is 4.40. The Morgan fingerprint density at radius 2 is 1.86 bits per heavy atom. The average Bonchev–Trinajstić information content (AvgIpc) is 2.98. The second-order valence-electron chi connectivity index (χ2n) is 6.44. The van der Waals surface area contributed by atoms with E-state index in [9.17, 15) is 14.0 Å². The summed E-state index contributed by atoms with van der Waals surface area (Å²) in [6.07, 6.45) is 0. The van der Waals surface area contributed by atoms with Gasteiger partial charge in [0.2, 0.25) is 0 Å². The molecular weight excluding hydrogens is 361 g/mol. The van der Waals surface area contributed by atoms with Crippen LogP contribution in [0.5, 0.6) is 0 Å². The number of aromatic amines is 1. The molecule has 2 aromatic heterocycles. The van der Waals surface area contributed by atoms with Crippen molar-refractivity contribution in [3.63, 3.8) is 0 Å². The predicted octanol–water partition coefficient (Wildman–Crippen LogP) is 4.19. The number of H-pyrrole nitrogens is 1. The van der Waals surface area contributed by atoms with Crippen LogP contribution in [0.25, 0.3) is 22.2 Å². The molecule has 0 atom stereocenters. The number of nitrogens with one attached hydrogen (secondary N) is 2. The van der Waals surface area contributed by atoms with E-state index in [4.69, 9.17) is 4.42 Å². The number of benzene rings is 2. The molecule has 0 unspecified atom stereocenters. The maximum absolute atomic E-state index is 13.4. The fourth-order valence-electron chi connectivity index (χ4n) is 3.05. The summed E-state index contributed by atoms with van der Waals surface area (Å²) in [6.45, 7) is 3.42. The number of aryl methyl sites for hydroxylation is 2. The first-order valence-electron chi connectivity index (χ1n) is 8.59. The summed E-state index contributed by atoms with van der Waals surface area (Å²) in [5.41, 5.74) is 2.66. The highest BCUT2D eigenvalue weighted by Gasteiger charge is 2.18. The molecular formula is C21H16FN3O3. The fraction of sp³-hybridized carbons (Fsp3) is 0.0952. The molecule has 0 saturated carbocycles. The lowest BCUT2D eigenvalue weighted by atomic mass is 10.1. The zero-order valence-electron chi connectivity index (χ0n) is 15.2. The largest absolute Gasteiger partial charge is 0.451 e. The van der Waals surface area contributed by atoms with Crippen LogP contribution in [-0.2, 0) is 0 Å². The van der Waals surface area contributed by atoms with Crippen LogP contribution in [0, 0.1) is 19.7 Å². The van der Waals surface area contributed by atoms with Crippen LogP contribution in [0.15, 0.2) is 57.7 Å². The van der Waals surface area contributed by atoms with E-state index < -0.39 is 5.91 Å². The molecule has 0 radical (unpaired) electrons. The van der Waals surface area contributed by atoms with Crippen molar-refractivity contribution < 1.29 is 13.6 Å². The van der Waals surface area contributed by atoms with Gasteiger partial charge in [-0.3, -0.25) is 9.59 Å². The van der Waals surface area contributed by atoms with Gasteiger partial charge in [0.05, 0.1) is 5.69 Å². The topological polar surface area (TPSA) is 88.0 Å². The number of aromatic nitrogens is 2. The van der Waals surface area contributed by atoms with E-state index in [2.05, 4.69) is 15.3 Å². The molecule has 7 heteroatoms. The Hall–Kier alpha value is -3.74. The highest BCUT2D eigenvalue weighted by molar-refractivity contribution is 6.06. The van der Waals surface area contributed by atoms with Gasteiger partial charge in [-0.15, -0.1) is 0 Å². The van der Waals surface area contributed by atoms with Gasteiger partial charge < -0.3 is 14.7 Å². The summed E-state index contributed by atoms with van der Waals surface area (Å²) in [5, 5.41) is 3.33. The first-order valence-corrected chi connectivity index (χ1v) is 8.59. The Morgan fingerprint density at radius 3 is 2.57 bits per heavy atom. The number of rotatable bonds is 3. The van der Waals surface area contributed by atoms with Gasteiger partial charge >= 0.3 is 0 Å². The number of nitrogens with zero attached hydrogens (tertiary/aromatic N) is 1. The van der Waals surface area contributed by atoms with Crippen molar-refractivity contribution in [1.82, 2.24) is 9.97 Å². The zero-order valence-corrected chi connectivity index (χ0v) is 15.2. The second-order valence-corrected chi connectivity index (χ2v) is 6.44. The average molecular weight is 377 g/mol. The summed E-state index contributed by atoms with van der Waals surface area (Å²) in [4.78, 5) is 31.1. The lowest BCUT2D eigenvalue weighted by molar-refractivity contribution is 0.0998. The van der Waals surface area contributed by atoms with Gasteiger partial charge in [0.1, 0.15) is 17.2 Å². The van der Waals surface area contributed by atoms with Crippen molar-refractivity contribution in [3.8, 4) is 11.3 Å². The van der Waals surface area contributed by atoms with Crippen molar-refractivity contribution in [1.29, 1.82) is 0 Å². The van der Waals surface area contributed by atoms with Crippen molar-refractivity contribution in [2.24, 2.45) is 0 Å². The second kappa shape index (κ2) is 6.77. The lowest BCUT2D eigenvalue weighted by Crippen LogP contribution is -2.12. The third-order valence-corrected chi connectivity index (χ3v) is 4.40. The molecule has 2 aromatic carbocycles. The molecule has 0 aliphatic carbocycles. The maximum Gasteiger partial charge on any atom is 0.291 e. The Morgan fingerprint density at radius 1 is 1.11 bits per heavy atom. The van der Waals surface area contributed by atoms with Crippen LogP contribution in [0.4, 0.5) is 10.1 Å². The van der Waals surface area contributed by atoms with Crippen LogP contribution < -0.4 is 10.9 Å². The summed E-state index contributed by atoms with van der Waals surface area (Å²) < 4.78 is 19.0. The number of halogens is 1. The number of carbonyl (C=O) groups is 1. The van der Waals surface area contributed by atoms with Crippen molar-refractivity contribution in [2.45, 2.75) is 13.8 Å². The monoisotopic (exact) mass is 377 g/mol. The molecule has 0 bridgehead atoms. The van der Waals surface area contributed by atoms with Crippen molar-refractivity contribution >= 4 is 22.6 Å². The minimum absolute atomic E-state index is 0.136. The highest BCUT2D eigenvalue weighted by atomic mass is 19.1. The molecule has 0 fully saturated rings. The van der Waals surface area contributed by atoms with Gasteiger partial charge in [0.25, 0.3) is 11.5 Å². The number of hydrogen-bond acceptors (Lipinski definition) is 4. The minimum Gasteiger partial charge on any atom is -0.451 e.